The summed E-state index contributed by atoms with van der Waals surface area (Å²) in [6.07, 6.45) is 3.89. The molecule has 108 valence electrons. The van der Waals surface area contributed by atoms with Crippen molar-refractivity contribution in [3.63, 3.8) is 0 Å². The van der Waals surface area contributed by atoms with Gasteiger partial charge in [-0.1, -0.05) is 19.1 Å². The average molecular weight is 294 g/mol. The zero-order valence-electron chi connectivity index (χ0n) is 11.2. The number of anilines is 1. The van der Waals surface area contributed by atoms with Crippen molar-refractivity contribution in [2.24, 2.45) is 0 Å². The third-order valence-corrected chi connectivity index (χ3v) is 4.24. The van der Waals surface area contributed by atoms with E-state index in [-0.39, 0.29) is 11.8 Å². The van der Waals surface area contributed by atoms with Gasteiger partial charge in [0.1, 0.15) is 5.82 Å². The highest BCUT2D eigenvalue weighted by molar-refractivity contribution is 7.88. The fourth-order valence-corrected chi connectivity index (χ4v) is 3.37. The van der Waals surface area contributed by atoms with Gasteiger partial charge in [-0.15, -0.1) is 0 Å². The van der Waals surface area contributed by atoms with E-state index in [1.165, 1.54) is 0 Å². The molecule has 4 N–H and O–H groups in total. The van der Waals surface area contributed by atoms with Gasteiger partial charge >= 0.3 is 0 Å². The average Bonchev–Trinajstić information content (AvgIpc) is 2.89. The van der Waals surface area contributed by atoms with Gasteiger partial charge in [0, 0.05) is 18.1 Å². The summed E-state index contributed by atoms with van der Waals surface area (Å²) < 4.78 is 27.0. The van der Waals surface area contributed by atoms with Crippen molar-refractivity contribution in [2.75, 3.05) is 5.73 Å². The second-order valence-corrected chi connectivity index (χ2v) is 6.31. The number of H-pyrrole nitrogens is 1. The van der Waals surface area contributed by atoms with Crippen LogP contribution in [0.15, 0.2) is 36.7 Å². The summed E-state index contributed by atoms with van der Waals surface area (Å²) in [6, 6.07) is 6.51. The van der Waals surface area contributed by atoms with Gasteiger partial charge in [0.15, 0.2) is 0 Å². The first-order valence-electron chi connectivity index (χ1n) is 6.34. The fraction of sp³-hybridized carbons (Fsp3) is 0.308. The maximum absolute atomic E-state index is 12.2. The molecular weight excluding hydrogens is 276 g/mol. The van der Waals surface area contributed by atoms with Gasteiger partial charge in [0.25, 0.3) is 0 Å². The summed E-state index contributed by atoms with van der Waals surface area (Å²) in [4.78, 5) is 7.02. The lowest BCUT2D eigenvalue weighted by molar-refractivity contribution is 0.538. The van der Waals surface area contributed by atoms with Crippen molar-refractivity contribution >= 4 is 15.7 Å². The number of nitrogen functional groups attached to an aromatic ring is 1. The lowest BCUT2D eigenvalue weighted by Crippen LogP contribution is -2.30. The number of imidazole rings is 1. The second kappa shape index (κ2) is 6.06. The number of aromatic nitrogens is 2. The van der Waals surface area contributed by atoms with Crippen LogP contribution in [0, 0.1) is 0 Å². The summed E-state index contributed by atoms with van der Waals surface area (Å²) in [5.74, 6) is 0.513. The Morgan fingerprint density at radius 2 is 2.25 bits per heavy atom. The predicted molar refractivity (Wildman–Crippen MR) is 78.2 cm³/mol. The molecule has 0 aliphatic heterocycles. The Hall–Kier alpha value is -1.86. The van der Waals surface area contributed by atoms with E-state index in [1.807, 2.05) is 6.92 Å². The molecule has 0 aliphatic carbocycles. The molecule has 0 saturated heterocycles. The highest BCUT2D eigenvalue weighted by Gasteiger charge is 2.20. The van der Waals surface area contributed by atoms with Crippen LogP contribution in [0.3, 0.4) is 0 Å². The van der Waals surface area contributed by atoms with Crippen molar-refractivity contribution in [2.45, 2.75) is 25.1 Å². The first kappa shape index (κ1) is 14.5. The van der Waals surface area contributed by atoms with Crippen LogP contribution in [0.25, 0.3) is 0 Å². The minimum atomic E-state index is -3.45. The van der Waals surface area contributed by atoms with Crippen LogP contribution in [0.2, 0.25) is 0 Å². The number of rotatable bonds is 6. The number of hydrogen-bond acceptors (Lipinski definition) is 4. The predicted octanol–water partition coefficient (Wildman–Crippen LogP) is 1.56. The molecule has 0 saturated carbocycles. The molecule has 0 radical (unpaired) electrons. The Morgan fingerprint density at radius 1 is 1.45 bits per heavy atom. The number of nitrogens with zero attached hydrogens (tertiary/aromatic N) is 1. The standard InChI is InChI=1S/C13H18N4O2S/c1-2-12(13-15-6-7-16-13)17-20(18,19)9-10-4-3-5-11(14)8-10/h3-8,12,17H,2,9,14H2,1H3,(H,15,16). The number of hydrogen-bond donors (Lipinski definition) is 3. The SMILES string of the molecule is CCC(NS(=O)(=O)Cc1cccc(N)c1)c1ncc[nH]1. The van der Waals surface area contributed by atoms with E-state index in [0.29, 0.717) is 23.5 Å². The van der Waals surface area contributed by atoms with E-state index in [0.717, 1.165) is 0 Å². The lowest BCUT2D eigenvalue weighted by atomic mass is 10.2. The Kier molecular flexibility index (Phi) is 4.41. The molecule has 1 atom stereocenters. The van der Waals surface area contributed by atoms with Gasteiger partial charge in [0.2, 0.25) is 10.0 Å². The van der Waals surface area contributed by atoms with Crippen LogP contribution >= 0.6 is 0 Å². The molecule has 20 heavy (non-hydrogen) atoms. The van der Waals surface area contributed by atoms with Gasteiger partial charge in [-0.05, 0) is 24.1 Å². The number of aromatic amines is 1. The minimum Gasteiger partial charge on any atom is -0.399 e. The highest BCUT2D eigenvalue weighted by atomic mass is 32.2. The Labute approximate surface area is 118 Å². The summed E-state index contributed by atoms with van der Waals surface area (Å²) in [5.41, 5.74) is 6.86. The Bertz CT molecular complexity index is 653. The quantitative estimate of drug-likeness (QED) is 0.704. The molecule has 6 nitrogen and oxygen atoms in total. The summed E-state index contributed by atoms with van der Waals surface area (Å²) in [6.45, 7) is 1.90. The molecule has 7 heteroatoms. The van der Waals surface area contributed by atoms with Crippen LogP contribution < -0.4 is 10.5 Å². The van der Waals surface area contributed by atoms with Crippen molar-refractivity contribution in [1.82, 2.24) is 14.7 Å². The number of nitrogens with two attached hydrogens (primary N) is 1. The third-order valence-electron chi connectivity index (χ3n) is 2.89. The van der Waals surface area contributed by atoms with Crippen LogP contribution in [-0.4, -0.2) is 18.4 Å². The molecule has 1 unspecified atom stereocenters. The monoisotopic (exact) mass is 294 g/mol. The van der Waals surface area contributed by atoms with Gasteiger partial charge in [0.05, 0.1) is 11.8 Å². The van der Waals surface area contributed by atoms with Gasteiger partial charge < -0.3 is 10.7 Å². The first-order valence-corrected chi connectivity index (χ1v) is 7.99. The van der Waals surface area contributed by atoms with E-state index < -0.39 is 10.0 Å². The largest absolute Gasteiger partial charge is 0.399 e. The van der Waals surface area contributed by atoms with Crippen molar-refractivity contribution < 1.29 is 8.42 Å². The highest BCUT2D eigenvalue weighted by Crippen LogP contribution is 2.15. The van der Waals surface area contributed by atoms with Crippen molar-refractivity contribution in [3.05, 3.63) is 48.0 Å². The van der Waals surface area contributed by atoms with E-state index >= 15 is 0 Å². The Morgan fingerprint density at radius 3 is 2.85 bits per heavy atom. The normalized spacial score (nSPS) is 13.2. The van der Waals surface area contributed by atoms with E-state index in [1.54, 1.807) is 36.7 Å². The van der Waals surface area contributed by atoms with Crippen LogP contribution in [0.4, 0.5) is 5.69 Å². The number of benzene rings is 1. The van der Waals surface area contributed by atoms with Crippen LogP contribution in [0.5, 0.6) is 0 Å². The fourth-order valence-electron chi connectivity index (χ4n) is 1.96. The molecule has 0 fully saturated rings. The smallest absolute Gasteiger partial charge is 0.216 e. The van der Waals surface area contributed by atoms with Gasteiger partial charge in [-0.25, -0.2) is 18.1 Å². The summed E-state index contributed by atoms with van der Waals surface area (Å²) in [7, 11) is -3.45. The van der Waals surface area contributed by atoms with Gasteiger partial charge in [-0.3, -0.25) is 0 Å². The second-order valence-electron chi connectivity index (χ2n) is 4.56. The summed E-state index contributed by atoms with van der Waals surface area (Å²) >= 11 is 0. The first-order chi connectivity index (χ1) is 9.50. The van der Waals surface area contributed by atoms with Crippen LogP contribution in [0.1, 0.15) is 30.8 Å². The molecule has 1 heterocycles. The lowest BCUT2D eigenvalue weighted by Gasteiger charge is -2.15. The third kappa shape index (κ3) is 3.82. The molecule has 2 aromatic rings. The van der Waals surface area contributed by atoms with E-state index in [4.69, 9.17) is 5.73 Å². The molecule has 0 amide bonds. The van der Waals surface area contributed by atoms with Gasteiger partial charge in [-0.2, -0.15) is 0 Å². The van der Waals surface area contributed by atoms with E-state index in [9.17, 15) is 8.42 Å². The number of nitrogens with one attached hydrogen (secondary N) is 2. The van der Waals surface area contributed by atoms with Crippen molar-refractivity contribution in [1.29, 1.82) is 0 Å². The molecule has 1 aromatic carbocycles. The summed E-state index contributed by atoms with van der Waals surface area (Å²) in [5, 5.41) is 0. The maximum Gasteiger partial charge on any atom is 0.216 e. The van der Waals surface area contributed by atoms with Crippen LogP contribution in [-0.2, 0) is 15.8 Å². The molecule has 1 aromatic heterocycles. The molecular formula is C13H18N4O2S. The zero-order valence-corrected chi connectivity index (χ0v) is 12.0. The number of sulfonamides is 1. The minimum absolute atomic E-state index is 0.102. The molecule has 0 bridgehead atoms. The van der Waals surface area contributed by atoms with Crippen molar-refractivity contribution in [3.8, 4) is 0 Å². The maximum atomic E-state index is 12.2. The molecule has 0 aliphatic rings. The zero-order chi connectivity index (χ0) is 14.6. The topological polar surface area (TPSA) is 101 Å². The molecule has 0 spiro atoms. The molecule has 2 rings (SSSR count). The van der Waals surface area contributed by atoms with E-state index in [2.05, 4.69) is 14.7 Å². The Balaban J connectivity index is 2.11.